The van der Waals surface area contributed by atoms with Crippen molar-refractivity contribution in [3.05, 3.63) is 48.6 Å². The van der Waals surface area contributed by atoms with E-state index in [0.717, 1.165) is 64.2 Å². The first-order valence-electron chi connectivity index (χ1n) is 19.5. The maximum atomic E-state index is 12.8. The highest BCUT2D eigenvalue weighted by Crippen LogP contribution is 2.43. The first kappa shape index (κ1) is 47.5. The molecule has 0 aliphatic carbocycles. The third kappa shape index (κ3) is 34.7. The lowest BCUT2D eigenvalue weighted by molar-refractivity contribution is -0.870. The predicted molar refractivity (Wildman–Crippen MR) is 207 cm³/mol. The Hall–Kier alpha value is -1.54. The van der Waals surface area contributed by atoms with Crippen LogP contribution in [0.3, 0.4) is 0 Å². The second-order valence-electron chi connectivity index (χ2n) is 14.3. The summed E-state index contributed by atoms with van der Waals surface area (Å²) >= 11 is 0. The Bertz CT molecular complexity index is 944. The molecule has 3 atom stereocenters. The molecule has 49 heavy (non-hydrogen) atoms. The average Bonchev–Trinajstić information content (AvgIpc) is 3.04. The van der Waals surface area contributed by atoms with E-state index in [2.05, 4.69) is 55.6 Å². The maximum absolute atomic E-state index is 12.8. The van der Waals surface area contributed by atoms with E-state index < -0.39 is 20.0 Å². The van der Waals surface area contributed by atoms with Gasteiger partial charge < -0.3 is 19.8 Å². The van der Waals surface area contributed by atoms with Crippen molar-refractivity contribution in [2.75, 3.05) is 40.9 Å². The Morgan fingerprint density at radius 3 is 1.82 bits per heavy atom. The summed E-state index contributed by atoms with van der Waals surface area (Å²) in [6, 6.07) is -0.868. The molecule has 0 rings (SSSR count). The summed E-state index contributed by atoms with van der Waals surface area (Å²) in [6.07, 6.45) is 38.9. The molecule has 0 saturated heterocycles. The highest BCUT2D eigenvalue weighted by atomic mass is 31.2. The van der Waals surface area contributed by atoms with Crippen LogP contribution in [0.5, 0.6) is 0 Å². The fourth-order valence-electron chi connectivity index (χ4n) is 5.07. The summed E-state index contributed by atoms with van der Waals surface area (Å²) in [5, 5.41) is 13.7. The van der Waals surface area contributed by atoms with E-state index in [0.29, 0.717) is 17.4 Å². The molecule has 3 N–H and O–H groups in total. The molecule has 0 heterocycles. The lowest BCUT2D eigenvalue weighted by atomic mass is 10.1. The molecular weight excluding hydrogens is 635 g/mol. The first-order chi connectivity index (χ1) is 23.5. The highest BCUT2D eigenvalue weighted by molar-refractivity contribution is 7.47. The summed E-state index contributed by atoms with van der Waals surface area (Å²) in [7, 11) is 1.53. The van der Waals surface area contributed by atoms with E-state index in [1.807, 2.05) is 27.2 Å². The summed E-state index contributed by atoms with van der Waals surface area (Å²) in [6.45, 7) is 4.70. The number of carbonyl (C=O) groups is 1. The number of amides is 1. The molecule has 0 aromatic rings. The second-order valence-corrected chi connectivity index (χ2v) is 15.7. The largest absolute Gasteiger partial charge is 0.472 e. The third-order valence-electron chi connectivity index (χ3n) is 8.27. The molecule has 0 aliphatic rings. The number of carbonyl (C=O) groups excluding carboxylic acids is 1. The van der Waals surface area contributed by atoms with Crippen molar-refractivity contribution in [3.8, 4) is 0 Å². The van der Waals surface area contributed by atoms with Gasteiger partial charge >= 0.3 is 7.82 Å². The van der Waals surface area contributed by atoms with Crippen molar-refractivity contribution in [2.45, 2.75) is 161 Å². The number of hydrogen-bond donors (Lipinski definition) is 3. The lowest BCUT2D eigenvalue weighted by Gasteiger charge is -2.25. The molecule has 0 aromatic carbocycles. The minimum Gasteiger partial charge on any atom is -0.387 e. The zero-order valence-electron chi connectivity index (χ0n) is 32.2. The number of hydrogen-bond acceptors (Lipinski definition) is 5. The molecule has 9 heteroatoms. The molecule has 0 fully saturated rings. The smallest absolute Gasteiger partial charge is 0.387 e. The number of phosphoric acid groups is 1. The van der Waals surface area contributed by atoms with Crippen LogP contribution in [-0.4, -0.2) is 73.4 Å². The number of unbranched alkanes of at least 4 members (excludes halogenated alkanes) is 15. The lowest BCUT2D eigenvalue weighted by Crippen LogP contribution is -2.45. The molecule has 1 amide bonds. The number of allylic oxidation sites excluding steroid dienone is 7. The van der Waals surface area contributed by atoms with Gasteiger partial charge in [0.15, 0.2) is 0 Å². The van der Waals surface area contributed by atoms with Crippen molar-refractivity contribution in [3.63, 3.8) is 0 Å². The van der Waals surface area contributed by atoms with Gasteiger partial charge in [0.05, 0.1) is 39.9 Å². The third-order valence-corrected chi connectivity index (χ3v) is 9.26. The Labute approximate surface area is 301 Å². The van der Waals surface area contributed by atoms with Gasteiger partial charge in [0.25, 0.3) is 0 Å². The average molecular weight is 712 g/mol. The zero-order valence-corrected chi connectivity index (χ0v) is 33.1. The summed E-state index contributed by atoms with van der Waals surface area (Å²) in [5.41, 5.74) is 0. The van der Waals surface area contributed by atoms with Crippen molar-refractivity contribution < 1.29 is 32.9 Å². The van der Waals surface area contributed by atoms with Crippen LogP contribution in [0, 0.1) is 0 Å². The van der Waals surface area contributed by atoms with Gasteiger partial charge in [0.1, 0.15) is 13.2 Å². The number of aliphatic hydroxyl groups is 1. The van der Waals surface area contributed by atoms with Crippen LogP contribution >= 0.6 is 7.82 Å². The molecule has 3 unspecified atom stereocenters. The van der Waals surface area contributed by atoms with Gasteiger partial charge in [-0.15, -0.1) is 0 Å². The van der Waals surface area contributed by atoms with Crippen LogP contribution in [0.1, 0.15) is 149 Å². The van der Waals surface area contributed by atoms with E-state index in [-0.39, 0.29) is 19.1 Å². The van der Waals surface area contributed by atoms with Crippen LogP contribution in [0.2, 0.25) is 0 Å². The fraction of sp³-hybridized carbons (Fsp3) is 0.775. The van der Waals surface area contributed by atoms with E-state index in [4.69, 9.17) is 9.05 Å². The van der Waals surface area contributed by atoms with E-state index >= 15 is 0 Å². The van der Waals surface area contributed by atoms with E-state index in [1.165, 1.54) is 64.2 Å². The predicted octanol–water partition coefficient (Wildman–Crippen LogP) is 10.1. The summed E-state index contributed by atoms with van der Waals surface area (Å²) in [5.74, 6) is -0.206. The number of likely N-dealkylation sites (N-methyl/N-ethyl adjacent to an activating group) is 1. The Morgan fingerprint density at radius 2 is 1.20 bits per heavy atom. The van der Waals surface area contributed by atoms with Crippen LogP contribution in [-0.2, 0) is 18.4 Å². The second kappa shape index (κ2) is 32.4. The van der Waals surface area contributed by atoms with Gasteiger partial charge in [-0.3, -0.25) is 13.8 Å². The van der Waals surface area contributed by atoms with Gasteiger partial charge in [0, 0.05) is 6.42 Å². The standard InChI is InChI=1S/C40H75N2O6P/c1-6-8-10-12-14-16-18-20-22-24-26-28-30-32-34-40(44)41-38(37-48-49(45,46)47-36-35-42(3,4)5)39(43)33-31-29-27-25-23-21-19-17-15-13-11-9-7-2/h12,14,18,20,23,25,31,33,38-39,43H,6-11,13,15-17,19,21-22,24,26-30,32,34-37H2,1-5H3,(H-,41,44,45,46)/p+1/b14-12-,20-18-,25-23+,33-31+. The minimum atomic E-state index is -4.34. The van der Waals surface area contributed by atoms with Crippen molar-refractivity contribution in [1.82, 2.24) is 5.32 Å². The van der Waals surface area contributed by atoms with Gasteiger partial charge in [0.2, 0.25) is 5.91 Å². The quantitative estimate of drug-likeness (QED) is 0.0266. The van der Waals surface area contributed by atoms with Gasteiger partial charge in [-0.2, -0.15) is 0 Å². The number of rotatable bonds is 34. The summed E-state index contributed by atoms with van der Waals surface area (Å²) < 4.78 is 23.4. The number of phosphoric ester groups is 1. The van der Waals surface area contributed by atoms with E-state index in [1.54, 1.807) is 6.08 Å². The molecule has 0 saturated carbocycles. The molecule has 0 bridgehead atoms. The SMILES string of the molecule is CCCC/C=C\C/C=C\CCCCCCCC(=O)NC(COP(=O)(O)OCC[N+](C)(C)C)C(O)/C=C/CC/C=C/CCCCCCCCC. The number of aliphatic hydroxyl groups excluding tert-OH is 1. The molecular formula is C40H76N2O6P+. The van der Waals surface area contributed by atoms with Crippen LogP contribution < -0.4 is 5.32 Å². The molecule has 0 radical (unpaired) electrons. The molecule has 0 aliphatic heterocycles. The minimum absolute atomic E-state index is 0.0516. The van der Waals surface area contributed by atoms with Gasteiger partial charge in [-0.1, -0.05) is 133 Å². The van der Waals surface area contributed by atoms with Crippen molar-refractivity contribution in [1.29, 1.82) is 0 Å². The Kier molecular flexibility index (Phi) is 31.4. The van der Waals surface area contributed by atoms with Crippen molar-refractivity contribution in [2.24, 2.45) is 0 Å². The topological polar surface area (TPSA) is 105 Å². The molecule has 286 valence electrons. The molecule has 0 aromatic heterocycles. The Morgan fingerprint density at radius 1 is 0.694 bits per heavy atom. The summed E-state index contributed by atoms with van der Waals surface area (Å²) in [4.78, 5) is 23.0. The maximum Gasteiger partial charge on any atom is 0.472 e. The highest BCUT2D eigenvalue weighted by Gasteiger charge is 2.27. The van der Waals surface area contributed by atoms with E-state index in [9.17, 15) is 19.4 Å². The van der Waals surface area contributed by atoms with Crippen LogP contribution in [0.15, 0.2) is 48.6 Å². The van der Waals surface area contributed by atoms with Gasteiger partial charge in [-0.25, -0.2) is 4.57 Å². The van der Waals surface area contributed by atoms with Crippen molar-refractivity contribution >= 4 is 13.7 Å². The molecule has 0 spiro atoms. The molecule has 8 nitrogen and oxygen atoms in total. The van der Waals surface area contributed by atoms with Crippen LogP contribution in [0.25, 0.3) is 0 Å². The Balaban J connectivity index is 4.62. The zero-order chi connectivity index (χ0) is 36.5. The number of nitrogens with one attached hydrogen (secondary N) is 1. The number of quaternary nitrogens is 1. The monoisotopic (exact) mass is 712 g/mol. The first-order valence-corrected chi connectivity index (χ1v) is 21.0. The fourth-order valence-corrected chi connectivity index (χ4v) is 5.81. The van der Waals surface area contributed by atoms with Crippen LogP contribution in [0.4, 0.5) is 0 Å². The van der Waals surface area contributed by atoms with Gasteiger partial charge in [-0.05, 0) is 57.8 Å². The number of nitrogens with zero attached hydrogens (tertiary/aromatic N) is 1. The normalized spacial score (nSPS) is 15.2.